The van der Waals surface area contributed by atoms with Gasteiger partial charge < -0.3 is 10.7 Å². The minimum Gasteiger partial charge on any atom is -0.368 e. The van der Waals surface area contributed by atoms with Gasteiger partial charge in [-0.05, 0) is 25.5 Å². The molecule has 1 amide bonds. The van der Waals surface area contributed by atoms with Crippen LogP contribution in [-0.4, -0.2) is 37.5 Å². The third kappa shape index (κ3) is 2.69. The predicted octanol–water partition coefficient (Wildman–Crippen LogP) is 0.0845. The molecule has 4 N–H and O–H groups in total. The van der Waals surface area contributed by atoms with E-state index < -0.39 is 36.6 Å². The maximum Gasteiger partial charge on any atom is 0.250 e. The zero-order valence-corrected chi connectivity index (χ0v) is 15.8. The van der Waals surface area contributed by atoms with Crippen molar-refractivity contribution in [1.82, 2.24) is 14.7 Å². The first-order chi connectivity index (χ1) is 11.5. The molecule has 0 bridgehead atoms. The summed E-state index contributed by atoms with van der Waals surface area (Å²) in [5.41, 5.74) is 6.10. The third-order valence-electron chi connectivity index (χ3n) is 4.22. The lowest BCUT2D eigenvalue weighted by molar-refractivity contribution is -0.120. The van der Waals surface area contributed by atoms with Crippen molar-refractivity contribution in [3.05, 3.63) is 29.8 Å². The number of primary amides is 1. The molecule has 0 saturated carbocycles. The number of sulfone groups is 1. The van der Waals surface area contributed by atoms with Gasteiger partial charge in [0.25, 0.3) is 10.0 Å². The van der Waals surface area contributed by atoms with Crippen molar-refractivity contribution in [3.8, 4) is 0 Å². The van der Waals surface area contributed by atoms with E-state index in [9.17, 15) is 21.6 Å². The van der Waals surface area contributed by atoms with Gasteiger partial charge in [0, 0.05) is 12.6 Å². The van der Waals surface area contributed by atoms with Gasteiger partial charge in [-0.3, -0.25) is 4.79 Å². The third-order valence-corrected chi connectivity index (χ3v) is 10.4. The number of imidazole rings is 1. The van der Waals surface area contributed by atoms with E-state index in [1.807, 2.05) is 0 Å². The van der Waals surface area contributed by atoms with Crippen molar-refractivity contribution < 1.29 is 21.6 Å². The Balaban J connectivity index is 1.94. The molecule has 3 rings (SSSR count). The molecular formula is C13H16N4O5S3. The predicted molar refractivity (Wildman–Crippen MR) is 90.1 cm³/mol. The van der Waals surface area contributed by atoms with Crippen LogP contribution in [0.5, 0.6) is 0 Å². The summed E-state index contributed by atoms with van der Waals surface area (Å²) in [5, 5.41) is 0. The quantitative estimate of drug-likeness (QED) is 0.642. The van der Waals surface area contributed by atoms with Gasteiger partial charge in [0.1, 0.15) is 8.42 Å². The second kappa shape index (κ2) is 5.62. The van der Waals surface area contributed by atoms with Crippen molar-refractivity contribution in [2.45, 2.75) is 39.5 Å². The highest BCUT2D eigenvalue weighted by atomic mass is 32.3. The molecule has 0 radical (unpaired) electrons. The fourth-order valence-corrected chi connectivity index (χ4v) is 8.01. The van der Waals surface area contributed by atoms with Gasteiger partial charge in [0.05, 0.1) is 18.1 Å². The summed E-state index contributed by atoms with van der Waals surface area (Å²) in [5.74, 6) is -0.953. The lowest BCUT2D eigenvalue weighted by atomic mass is 10.0. The molecule has 0 spiro atoms. The summed E-state index contributed by atoms with van der Waals surface area (Å²) in [6.07, 6.45) is 2.78. The van der Waals surface area contributed by atoms with Gasteiger partial charge in [-0.15, -0.1) is 11.3 Å². The molecule has 3 heterocycles. The number of thiophene rings is 1. The first-order valence-electron chi connectivity index (χ1n) is 7.17. The molecular weight excluding hydrogens is 388 g/mol. The molecule has 2 atom stereocenters. The van der Waals surface area contributed by atoms with Crippen molar-refractivity contribution in [1.29, 1.82) is 0 Å². The van der Waals surface area contributed by atoms with Crippen LogP contribution in [-0.2, 0) is 31.1 Å². The monoisotopic (exact) mass is 404 g/mol. The van der Waals surface area contributed by atoms with E-state index >= 15 is 0 Å². The van der Waals surface area contributed by atoms with Gasteiger partial charge in [-0.2, -0.15) is 0 Å². The maximum atomic E-state index is 12.6. The number of carbonyl (C=O) groups excluding carboxylic acids is 1. The van der Waals surface area contributed by atoms with E-state index in [0.717, 1.165) is 0 Å². The van der Waals surface area contributed by atoms with E-state index in [1.54, 1.807) is 6.92 Å². The van der Waals surface area contributed by atoms with Gasteiger partial charge in [0.2, 0.25) is 15.7 Å². The smallest absolute Gasteiger partial charge is 0.250 e. The number of H-pyrrole nitrogens is 1. The number of aromatic nitrogens is 2. The Morgan fingerprint density at radius 2 is 2.20 bits per heavy atom. The SMILES string of the molecule is C[C@@H](NS(=O)(=O)c1cc2c(s1)S(=O)(=O)[C@@](C)(C(N)=O)C2)c1cnc[nH]1. The summed E-state index contributed by atoms with van der Waals surface area (Å²) in [7, 11) is -7.95. The Kier molecular flexibility index (Phi) is 4.06. The lowest BCUT2D eigenvalue weighted by Gasteiger charge is -2.18. The molecule has 0 fully saturated rings. The summed E-state index contributed by atoms with van der Waals surface area (Å²) in [4.78, 5) is 18.2. The average molecular weight is 404 g/mol. The molecule has 2 aromatic heterocycles. The topological polar surface area (TPSA) is 152 Å². The Morgan fingerprint density at radius 1 is 1.52 bits per heavy atom. The van der Waals surface area contributed by atoms with Crippen molar-refractivity contribution in [2.75, 3.05) is 0 Å². The molecule has 0 aromatic carbocycles. The summed E-state index contributed by atoms with van der Waals surface area (Å²) in [6.45, 7) is 2.89. The molecule has 1 aliphatic heterocycles. The molecule has 25 heavy (non-hydrogen) atoms. The van der Waals surface area contributed by atoms with Gasteiger partial charge in [0.15, 0.2) is 4.75 Å². The van der Waals surface area contributed by atoms with Crippen molar-refractivity contribution >= 4 is 37.1 Å². The number of sulfonamides is 1. The van der Waals surface area contributed by atoms with E-state index in [1.165, 1.54) is 25.5 Å². The fraction of sp³-hybridized carbons (Fsp3) is 0.385. The van der Waals surface area contributed by atoms with Crippen LogP contribution in [0.25, 0.3) is 0 Å². The second-order valence-corrected chi connectivity index (χ2v) is 11.6. The zero-order valence-electron chi connectivity index (χ0n) is 13.3. The van der Waals surface area contributed by atoms with Crippen LogP contribution in [0.15, 0.2) is 27.0 Å². The summed E-state index contributed by atoms with van der Waals surface area (Å²) >= 11 is 0.623. The molecule has 9 nitrogen and oxygen atoms in total. The average Bonchev–Trinajstić information content (AvgIpc) is 3.18. The maximum absolute atomic E-state index is 12.6. The minimum atomic E-state index is -4.02. The standard InChI is InChI=1S/C13H16N4O5S3/c1-7(9-5-15-6-16-9)17-25(21,22)10-3-8-4-13(2,12(14)18)24(19,20)11(8)23-10/h3,5-7,17H,4H2,1-2H3,(H2,14,18)(H,15,16)/t7-,13-/m1/s1. The molecule has 2 aromatic rings. The second-order valence-electron chi connectivity index (χ2n) is 6.00. The molecule has 1 aliphatic rings. The Hall–Kier alpha value is -1.76. The number of nitrogens with one attached hydrogen (secondary N) is 2. The summed E-state index contributed by atoms with van der Waals surface area (Å²) < 4.78 is 50.7. The van der Waals surface area contributed by atoms with Crippen LogP contribution in [0.3, 0.4) is 0 Å². The number of fused-ring (bicyclic) bond motifs is 1. The van der Waals surface area contributed by atoms with Crippen LogP contribution in [0.4, 0.5) is 0 Å². The first kappa shape index (κ1) is 18.0. The Morgan fingerprint density at radius 3 is 2.72 bits per heavy atom. The van der Waals surface area contributed by atoms with E-state index in [4.69, 9.17) is 5.73 Å². The van der Waals surface area contributed by atoms with E-state index in [-0.39, 0.29) is 14.8 Å². The lowest BCUT2D eigenvalue weighted by Crippen LogP contribution is -2.46. The molecule has 136 valence electrons. The highest BCUT2D eigenvalue weighted by Crippen LogP contribution is 2.45. The zero-order chi connectivity index (χ0) is 18.6. The molecule has 12 heteroatoms. The number of carbonyl (C=O) groups is 1. The van der Waals surface area contributed by atoms with Gasteiger partial charge in [-0.25, -0.2) is 26.5 Å². The van der Waals surface area contributed by atoms with Crippen LogP contribution in [0.1, 0.15) is 31.1 Å². The minimum absolute atomic E-state index is 0.122. The van der Waals surface area contributed by atoms with E-state index in [0.29, 0.717) is 22.6 Å². The Labute approximate surface area is 148 Å². The van der Waals surface area contributed by atoms with Crippen molar-refractivity contribution in [3.63, 3.8) is 0 Å². The number of hydrogen-bond acceptors (Lipinski definition) is 7. The number of hydrogen-bond donors (Lipinski definition) is 3. The van der Waals surface area contributed by atoms with Crippen molar-refractivity contribution in [2.24, 2.45) is 5.73 Å². The van der Waals surface area contributed by atoms with Crippen LogP contribution in [0, 0.1) is 0 Å². The van der Waals surface area contributed by atoms with E-state index in [2.05, 4.69) is 14.7 Å². The summed E-state index contributed by atoms with van der Waals surface area (Å²) in [6, 6.07) is 0.713. The highest BCUT2D eigenvalue weighted by molar-refractivity contribution is 7.97. The van der Waals surface area contributed by atoms with Crippen LogP contribution >= 0.6 is 11.3 Å². The highest BCUT2D eigenvalue weighted by Gasteiger charge is 2.53. The number of rotatable bonds is 5. The number of nitrogens with two attached hydrogens (primary N) is 1. The van der Waals surface area contributed by atoms with Crippen LogP contribution < -0.4 is 10.5 Å². The first-order valence-corrected chi connectivity index (χ1v) is 10.9. The molecule has 0 saturated heterocycles. The van der Waals surface area contributed by atoms with Gasteiger partial charge in [-0.1, -0.05) is 0 Å². The number of nitrogens with zero attached hydrogens (tertiary/aromatic N) is 1. The number of amides is 1. The largest absolute Gasteiger partial charge is 0.368 e. The normalized spacial score (nSPS) is 23.3. The van der Waals surface area contributed by atoms with Crippen LogP contribution in [0.2, 0.25) is 0 Å². The fourth-order valence-electron chi connectivity index (χ4n) is 2.61. The molecule has 0 unspecified atom stereocenters. The molecule has 0 aliphatic carbocycles. The Bertz CT molecular complexity index is 1040. The van der Waals surface area contributed by atoms with Gasteiger partial charge >= 0.3 is 0 Å². The number of aromatic amines is 1.